The Labute approximate surface area is 170 Å². The van der Waals surface area contributed by atoms with Crippen molar-refractivity contribution < 1.29 is 9.59 Å². The quantitative estimate of drug-likeness (QED) is 0.745. The predicted octanol–water partition coefficient (Wildman–Crippen LogP) is 3.26. The van der Waals surface area contributed by atoms with Gasteiger partial charge in [0.05, 0.1) is 0 Å². The Balaban J connectivity index is 0.00000261. The fourth-order valence-electron chi connectivity index (χ4n) is 5.07. The van der Waals surface area contributed by atoms with Crippen molar-refractivity contribution in [2.45, 2.75) is 89.1 Å². The van der Waals surface area contributed by atoms with Crippen LogP contribution in [0.2, 0.25) is 0 Å². The van der Waals surface area contributed by atoms with Crippen molar-refractivity contribution in [2.75, 3.05) is 20.1 Å². The van der Waals surface area contributed by atoms with Crippen molar-refractivity contribution in [3.63, 3.8) is 0 Å². The second-order valence-corrected chi connectivity index (χ2v) is 8.71. The highest BCUT2D eigenvalue weighted by Gasteiger charge is 2.31. The summed E-state index contributed by atoms with van der Waals surface area (Å²) in [7, 11) is 2.01. The number of amides is 2. The molecule has 2 saturated carbocycles. The third-order valence-electron chi connectivity index (χ3n) is 6.86. The maximum atomic E-state index is 12.8. The SMILES string of the molecule is CNC1CCN(C(=O)C2CCC(NC(=O)CC3CCCCC3)CC2)CC1.Cl. The van der Waals surface area contributed by atoms with Gasteiger partial charge >= 0.3 is 0 Å². The summed E-state index contributed by atoms with van der Waals surface area (Å²) in [5.74, 6) is 1.36. The van der Waals surface area contributed by atoms with Crippen LogP contribution in [0, 0.1) is 11.8 Å². The molecule has 3 aliphatic rings. The first-order valence-corrected chi connectivity index (χ1v) is 10.9. The number of likely N-dealkylation sites (tertiary alicyclic amines) is 1. The van der Waals surface area contributed by atoms with Crippen molar-refractivity contribution in [1.29, 1.82) is 0 Å². The number of carbonyl (C=O) groups excluding carboxylic acids is 2. The van der Waals surface area contributed by atoms with E-state index in [-0.39, 0.29) is 30.3 Å². The lowest BCUT2D eigenvalue weighted by Gasteiger charge is -2.36. The molecule has 0 radical (unpaired) electrons. The van der Waals surface area contributed by atoms with Gasteiger partial charge < -0.3 is 15.5 Å². The topological polar surface area (TPSA) is 61.4 Å². The molecule has 6 heteroatoms. The molecule has 1 heterocycles. The zero-order chi connectivity index (χ0) is 18.4. The van der Waals surface area contributed by atoms with Crippen LogP contribution in [0.25, 0.3) is 0 Å². The van der Waals surface area contributed by atoms with Gasteiger partial charge in [0.2, 0.25) is 11.8 Å². The second-order valence-electron chi connectivity index (χ2n) is 8.71. The lowest BCUT2D eigenvalue weighted by atomic mass is 9.84. The summed E-state index contributed by atoms with van der Waals surface area (Å²) >= 11 is 0. The molecule has 0 atom stereocenters. The molecular formula is C21H38ClN3O2. The average Bonchev–Trinajstić information content (AvgIpc) is 2.69. The number of carbonyl (C=O) groups is 2. The summed E-state index contributed by atoms with van der Waals surface area (Å²) in [6, 6.07) is 0.847. The van der Waals surface area contributed by atoms with Crippen molar-refractivity contribution in [3.8, 4) is 0 Å². The van der Waals surface area contributed by atoms with Crippen LogP contribution in [-0.4, -0.2) is 48.9 Å². The Morgan fingerprint density at radius 3 is 2.07 bits per heavy atom. The van der Waals surface area contributed by atoms with Gasteiger partial charge in [0.25, 0.3) is 0 Å². The maximum absolute atomic E-state index is 12.8. The molecule has 27 heavy (non-hydrogen) atoms. The van der Waals surface area contributed by atoms with Gasteiger partial charge in [-0.3, -0.25) is 9.59 Å². The summed E-state index contributed by atoms with van der Waals surface area (Å²) < 4.78 is 0. The van der Waals surface area contributed by atoms with Crippen LogP contribution in [0.1, 0.15) is 77.0 Å². The van der Waals surface area contributed by atoms with Crippen LogP contribution in [0.4, 0.5) is 0 Å². The molecular weight excluding hydrogens is 362 g/mol. The predicted molar refractivity (Wildman–Crippen MR) is 111 cm³/mol. The smallest absolute Gasteiger partial charge is 0.225 e. The fourth-order valence-corrected chi connectivity index (χ4v) is 5.07. The molecule has 0 aromatic rings. The van der Waals surface area contributed by atoms with E-state index in [2.05, 4.69) is 15.5 Å². The van der Waals surface area contributed by atoms with Crippen LogP contribution in [0.15, 0.2) is 0 Å². The van der Waals surface area contributed by atoms with E-state index < -0.39 is 0 Å². The molecule has 5 nitrogen and oxygen atoms in total. The number of hydrogen-bond acceptors (Lipinski definition) is 3. The van der Waals surface area contributed by atoms with Crippen LogP contribution in [0.3, 0.4) is 0 Å². The monoisotopic (exact) mass is 399 g/mol. The van der Waals surface area contributed by atoms with Gasteiger partial charge in [-0.25, -0.2) is 0 Å². The average molecular weight is 400 g/mol. The zero-order valence-corrected chi connectivity index (χ0v) is 17.7. The molecule has 2 amide bonds. The van der Waals surface area contributed by atoms with Crippen LogP contribution in [-0.2, 0) is 9.59 Å². The Kier molecular flexibility index (Phi) is 9.37. The minimum absolute atomic E-state index is 0. The third-order valence-corrected chi connectivity index (χ3v) is 6.86. The summed E-state index contributed by atoms with van der Waals surface area (Å²) in [5, 5.41) is 6.56. The van der Waals surface area contributed by atoms with E-state index in [1.165, 1.54) is 32.1 Å². The summed E-state index contributed by atoms with van der Waals surface area (Å²) in [6.45, 7) is 1.78. The zero-order valence-electron chi connectivity index (χ0n) is 16.9. The van der Waals surface area contributed by atoms with Crippen LogP contribution in [0.5, 0.6) is 0 Å². The molecule has 0 aromatic carbocycles. The summed E-state index contributed by atoms with van der Waals surface area (Å²) in [6.07, 6.45) is 13.0. The standard InChI is InChI=1S/C21H37N3O2.ClH/c1-22-18-11-13-24(14-12-18)21(26)17-7-9-19(10-8-17)23-20(25)15-16-5-3-2-4-6-16;/h16-19,22H,2-15H2,1H3,(H,23,25);1H. The van der Waals surface area contributed by atoms with Crippen molar-refractivity contribution in [2.24, 2.45) is 11.8 Å². The summed E-state index contributed by atoms with van der Waals surface area (Å²) in [4.78, 5) is 27.1. The number of hydrogen-bond donors (Lipinski definition) is 2. The van der Waals surface area contributed by atoms with E-state index in [1.54, 1.807) is 0 Å². The van der Waals surface area contributed by atoms with Crippen molar-refractivity contribution >= 4 is 24.2 Å². The van der Waals surface area contributed by atoms with E-state index >= 15 is 0 Å². The van der Waals surface area contributed by atoms with E-state index in [0.717, 1.165) is 51.6 Å². The van der Waals surface area contributed by atoms with Crippen LogP contribution < -0.4 is 10.6 Å². The third kappa shape index (κ3) is 6.63. The van der Waals surface area contributed by atoms with E-state index in [1.807, 2.05) is 7.05 Å². The number of nitrogens with zero attached hydrogens (tertiary/aromatic N) is 1. The number of halogens is 1. The Morgan fingerprint density at radius 2 is 1.48 bits per heavy atom. The largest absolute Gasteiger partial charge is 0.353 e. The lowest BCUT2D eigenvalue weighted by molar-refractivity contribution is -0.137. The normalized spacial score (nSPS) is 27.7. The van der Waals surface area contributed by atoms with Gasteiger partial charge in [-0.15, -0.1) is 12.4 Å². The Hall–Kier alpha value is -0.810. The van der Waals surface area contributed by atoms with E-state index in [4.69, 9.17) is 0 Å². The summed E-state index contributed by atoms with van der Waals surface area (Å²) in [5.41, 5.74) is 0. The highest BCUT2D eigenvalue weighted by molar-refractivity contribution is 5.85. The molecule has 0 aromatic heterocycles. The molecule has 3 fully saturated rings. The molecule has 0 spiro atoms. The molecule has 2 N–H and O–H groups in total. The van der Waals surface area contributed by atoms with Gasteiger partial charge in [-0.05, 0) is 64.3 Å². The lowest BCUT2D eigenvalue weighted by Crippen LogP contribution is -2.47. The minimum atomic E-state index is 0. The van der Waals surface area contributed by atoms with Gasteiger partial charge in [-0.2, -0.15) is 0 Å². The number of piperidine rings is 1. The highest BCUT2D eigenvalue weighted by atomic mass is 35.5. The first-order valence-electron chi connectivity index (χ1n) is 10.9. The first-order chi connectivity index (χ1) is 12.7. The van der Waals surface area contributed by atoms with Crippen molar-refractivity contribution in [1.82, 2.24) is 15.5 Å². The van der Waals surface area contributed by atoms with Gasteiger partial charge in [0, 0.05) is 37.5 Å². The number of nitrogens with one attached hydrogen (secondary N) is 2. The molecule has 2 aliphatic carbocycles. The van der Waals surface area contributed by atoms with Crippen LogP contribution >= 0.6 is 12.4 Å². The second kappa shape index (κ2) is 11.3. The van der Waals surface area contributed by atoms with Gasteiger partial charge in [0.1, 0.15) is 0 Å². The molecule has 1 saturated heterocycles. The van der Waals surface area contributed by atoms with E-state index in [9.17, 15) is 9.59 Å². The highest BCUT2D eigenvalue weighted by Crippen LogP contribution is 2.29. The maximum Gasteiger partial charge on any atom is 0.225 e. The first kappa shape index (κ1) is 22.5. The van der Waals surface area contributed by atoms with Gasteiger partial charge in [0.15, 0.2) is 0 Å². The number of rotatable bonds is 5. The molecule has 156 valence electrons. The van der Waals surface area contributed by atoms with E-state index in [0.29, 0.717) is 24.3 Å². The molecule has 0 bridgehead atoms. The Bertz CT molecular complexity index is 466. The fraction of sp³-hybridized carbons (Fsp3) is 0.905. The molecule has 0 unspecified atom stereocenters. The van der Waals surface area contributed by atoms with Gasteiger partial charge in [-0.1, -0.05) is 19.3 Å². The minimum Gasteiger partial charge on any atom is -0.353 e. The molecule has 1 aliphatic heterocycles. The van der Waals surface area contributed by atoms with Crippen molar-refractivity contribution in [3.05, 3.63) is 0 Å². The molecule has 3 rings (SSSR count). The Morgan fingerprint density at radius 1 is 0.852 bits per heavy atom.